The van der Waals surface area contributed by atoms with Gasteiger partial charge in [0.25, 0.3) is 10.0 Å². The third-order valence-corrected chi connectivity index (χ3v) is 7.30. The molecule has 4 rings (SSSR count). The molecule has 0 unspecified atom stereocenters. The fraction of sp³-hybridized carbons (Fsp3) is 0.364. The number of benzene rings is 2. The molecule has 0 aliphatic carbocycles. The van der Waals surface area contributed by atoms with Gasteiger partial charge in [-0.2, -0.15) is 0 Å². The van der Waals surface area contributed by atoms with E-state index in [1.54, 1.807) is 62.8 Å². The van der Waals surface area contributed by atoms with Gasteiger partial charge in [0, 0.05) is 24.2 Å². The highest BCUT2D eigenvalue weighted by Gasteiger charge is 2.66. The average molecular weight is 444 g/mol. The standard InChI is InChI=1S/C22H25N3O5S/c1-5-25(6-2)21-22(16-9-13-18(29-4)14-10-16)20(31(26,27)24-21)19(23-30-22)15-7-11-17(28-3)12-8-15/h7-14,20H,5-6H2,1-4H3/t20-,22+/m0/s1. The molecule has 2 heterocycles. The number of nitrogens with zero attached hydrogens (tertiary/aromatic N) is 3. The van der Waals surface area contributed by atoms with Crippen molar-refractivity contribution in [3.8, 4) is 11.5 Å². The number of ether oxygens (including phenoxy) is 2. The topological polar surface area (TPSA) is 89.8 Å². The third kappa shape index (κ3) is 3.23. The van der Waals surface area contributed by atoms with Crippen molar-refractivity contribution in [1.29, 1.82) is 0 Å². The summed E-state index contributed by atoms with van der Waals surface area (Å²) in [7, 11) is -0.791. The maximum atomic E-state index is 13.4. The van der Waals surface area contributed by atoms with Crippen LogP contribution in [0.5, 0.6) is 11.5 Å². The van der Waals surface area contributed by atoms with Crippen molar-refractivity contribution >= 4 is 21.6 Å². The monoisotopic (exact) mass is 443 g/mol. The van der Waals surface area contributed by atoms with Crippen LogP contribution in [0.1, 0.15) is 25.0 Å². The molecule has 0 N–H and O–H groups in total. The normalized spacial score (nSPS) is 23.4. The zero-order valence-corrected chi connectivity index (χ0v) is 18.7. The molecule has 2 atom stereocenters. The first-order valence-corrected chi connectivity index (χ1v) is 11.6. The molecule has 2 aromatic carbocycles. The highest BCUT2D eigenvalue weighted by Crippen LogP contribution is 2.47. The number of hydrogen-bond acceptors (Lipinski definition) is 7. The minimum absolute atomic E-state index is 0.323. The van der Waals surface area contributed by atoms with E-state index in [0.717, 1.165) is 0 Å². The van der Waals surface area contributed by atoms with E-state index in [-0.39, 0.29) is 0 Å². The Morgan fingerprint density at radius 2 is 1.52 bits per heavy atom. The zero-order chi connectivity index (χ0) is 22.2. The first-order chi connectivity index (χ1) is 14.9. The average Bonchev–Trinajstić information content (AvgIpc) is 3.31. The fourth-order valence-electron chi connectivity index (χ4n) is 4.11. The van der Waals surface area contributed by atoms with Crippen molar-refractivity contribution in [1.82, 2.24) is 4.90 Å². The summed E-state index contributed by atoms with van der Waals surface area (Å²) in [6.07, 6.45) is 0. The lowest BCUT2D eigenvalue weighted by molar-refractivity contribution is 0.0293. The molecule has 164 valence electrons. The molecular weight excluding hydrogens is 418 g/mol. The number of oxime groups is 1. The Morgan fingerprint density at radius 3 is 2.03 bits per heavy atom. The van der Waals surface area contributed by atoms with Crippen molar-refractivity contribution in [3.05, 3.63) is 59.7 Å². The van der Waals surface area contributed by atoms with E-state index in [4.69, 9.17) is 14.3 Å². The number of hydrogen-bond donors (Lipinski definition) is 0. The van der Waals surface area contributed by atoms with Gasteiger partial charge in [0.2, 0.25) is 5.60 Å². The summed E-state index contributed by atoms with van der Waals surface area (Å²) in [5.41, 5.74) is 0.245. The lowest BCUT2D eigenvalue weighted by Gasteiger charge is -2.33. The van der Waals surface area contributed by atoms with Gasteiger partial charge >= 0.3 is 0 Å². The van der Waals surface area contributed by atoms with Gasteiger partial charge in [-0.05, 0) is 50.2 Å². The number of methoxy groups -OCH3 is 2. The predicted octanol–water partition coefficient (Wildman–Crippen LogP) is 2.79. The smallest absolute Gasteiger partial charge is 0.268 e. The minimum atomic E-state index is -3.95. The molecule has 31 heavy (non-hydrogen) atoms. The number of likely N-dealkylation sites (N-methyl/N-ethyl adjacent to an activating group) is 1. The van der Waals surface area contributed by atoms with Crippen LogP contribution in [0.25, 0.3) is 0 Å². The molecule has 0 saturated heterocycles. The second kappa shape index (κ2) is 7.88. The van der Waals surface area contributed by atoms with Gasteiger partial charge < -0.3 is 19.2 Å². The second-order valence-corrected chi connectivity index (χ2v) is 8.93. The highest BCUT2D eigenvalue weighted by atomic mass is 32.2. The van der Waals surface area contributed by atoms with Crippen LogP contribution in [-0.2, 0) is 20.5 Å². The Morgan fingerprint density at radius 1 is 0.968 bits per heavy atom. The Kier molecular flexibility index (Phi) is 5.38. The van der Waals surface area contributed by atoms with Gasteiger partial charge in [0.1, 0.15) is 17.2 Å². The van der Waals surface area contributed by atoms with Gasteiger partial charge in [-0.15, -0.1) is 4.40 Å². The molecule has 0 saturated carbocycles. The highest BCUT2D eigenvalue weighted by molar-refractivity contribution is 7.92. The van der Waals surface area contributed by atoms with Crippen LogP contribution in [-0.4, -0.2) is 57.4 Å². The molecule has 2 aromatic rings. The van der Waals surface area contributed by atoms with Crippen molar-refractivity contribution < 1.29 is 22.7 Å². The number of fused-ring (bicyclic) bond motifs is 1. The number of rotatable bonds is 6. The van der Waals surface area contributed by atoms with E-state index in [1.165, 1.54) is 0 Å². The molecule has 0 fully saturated rings. The summed E-state index contributed by atoms with van der Waals surface area (Å²) in [4.78, 5) is 7.94. The minimum Gasteiger partial charge on any atom is -0.497 e. The molecule has 2 aliphatic rings. The van der Waals surface area contributed by atoms with Crippen molar-refractivity contribution in [2.24, 2.45) is 9.55 Å². The van der Waals surface area contributed by atoms with E-state index < -0.39 is 20.9 Å². The Hall–Kier alpha value is -3.07. The SMILES string of the molecule is CCN(CC)C1=NS(=O)(=O)[C@H]2C(c3ccc(OC)cc3)=NO[C@@]12c1ccc(OC)cc1. The zero-order valence-electron chi connectivity index (χ0n) is 17.9. The van der Waals surface area contributed by atoms with E-state index in [9.17, 15) is 8.42 Å². The van der Waals surface area contributed by atoms with E-state index in [0.29, 0.717) is 47.3 Å². The lowest BCUT2D eigenvalue weighted by Crippen LogP contribution is -2.52. The van der Waals surface area contributed by atoms with Crippen LogP contribution in [0, 0.1) is 0 Å². The maximum absolute atomic E-state index is 13.4. The molecule has 0 aromatic heterocycles. The summed E-state index contributed by atoms with van der Waals surface area (Å²) < 4.78 is 41.4. The van der Waals surface area contributed by atoms with Gasteiger partial charge in [0.15, 0.2) is 11.1 Å². The number of amidine groups is 1. The molecular formula is C22H25N3O5S. The van der Waals surface area contributed by atoms with E-state index >= 15 is 0 Å². The summed E-state index contributed by atoms with van der Waals surface area (Å²) in [5.74, 6) is 1.67. The first kappa shape index (κ1) is 21.2. The van der Waals surface area contributed by atoms with Crippen LogP contribution in [0.4, 0.5) is 0 Å². The lowest BCUT2D eigenvalue weighted by atomic mass is 9.85. The second-order valence-electron chi connectivity index (χ2n) is 7.24. The molecule has 0 spiro atoms. The fourth-order valence-corrected chi connectivity index (χ4v) is 5.88. The Bertz CT molecular complexity index is 1120. The van der Waals surface area contributed by atoms with Gasteiger partial charge in [0.05, 0.1) is 14.2 Å². The van der Waals surface area contributed by atoms with Crippen LogP contribution in [0.2, 0.25) is 0 Å². The van der Waals surface area contributed by atoms with Crippen LogP contribution < -0.4 is 9.47 Å². The largest absolute Gasteiger partial charge is 0.497 e. The predicted molar refractivity (Wildman–Crippen MR) is 118 cm³/mol. The summed E-state index contributed by atoms with van der Waals surface area (Å²) in [6, 6.07) is 14.2. The summed E-state index contributed by atoms with van der Waals surface area (Å²) in [6.45, 7) is 5.06. The maximum Gasteiger partial charge on any atom is 0.268 e. The Balaban J connectivity index is 1.89. The molecule has 9 heteroatoms. The van der Waals surface area contributed by atoms with Crippen LogP contribution in [0.15, 0.2) is 58.1 Å². The van der Waals surface area contributed by atoms with E-state index in [1.807, 2.05) is 18.7 Å². The van der Waals surface area contributed by atoms with E-state index in [2.05, 4.69) is 9.55 Å². The number of sulfonamides is 1. The van der Waals surface area contributed by atoms with Crippen molar-refractivity contribution in [2.75, 3.05) is 27.3 Å². The van der Waals surface area contributed by atoms with Crippen molar-refractivity contribution in [2.45, 2.75) is 24.7 Å². The van der Waals surface area contributed by atoms with Gasteiger partial charge in [-0.3, -0.25) is 0 Å². The Labute approximate surface area is 182 Å². The van der Waals surface area contributed by atoms with Crippen LogP contribution >= 0.6 is 0 Å². The first-order valence-electron chi connectivity index (χ1n) is 10.1. The van der Waals surface area contributed by atoms with Crippen LogP contribution in [0.3, 0.4) is 0 Å². The van der Waals surface area contributed by atoms with Gasteiger partial charge in [-0.1, -0.05) is 17.3 Å². The summed E-state index contributed by atoms with van der Waals surface area (Å²) >= 11 is 0. The quantitative estimate of drug-likeness (QED) is 0.682. The summed E-state index contributed by atoms with van der Waals surface area (Å²) in [5, 5.41) is 3.19. The van der Waals surface area contributed by atoms with Gasteiger partial charge in [-0.25, -0.2) is 8.42 Å². The molecule has 0 amide bonds. The third-order valence-electron chi connectivity index (χ3n) is 5.72. The molecule has 8 nitrogen and oxygen atoms in total. The molecule has 0 radical (unpaired) electrons. The molecule has 2 aliphatic heterocycles. The van der Waals surface area contributed by atoms with Crippen molar-refractivity contribution in [3.63, 3.8) is 0 Å². The molecule has 0 bridgehead atoms.